The van der Waals surface area contributed by atoms with Crippen molar-refractivity contribution in [1.29, 1.82) is 5.26 Å². The summed E-state index contributed by atoms with van der Waals surface area (Å²) >= 11 is 0. The molecule has 0 aliphatic carbocycles. The third-order valence-corrected chi connectivity index (χ3v) is 3.92. The summed E-state index contributed by atoms with van der Waals surface area (Å²) < 4.78 is 5.53. The summed E-state index contributed by atoms with van der Waals surface area (Å²) in [5.41, 5.74) is 2.19. The maximum absolute atomic E-state index is 11.8. The summed E-state index contributed by atoms with van der Waals surface area (Å²) in [6.07, 6.45) is 2.25. The van der Waals surface area contributed by atoms with Crippen LogP contribution in [0.3, 0.4) is 0 Å². The second-order valence-corrected chi connectivity index (χ2v) is 5.51. The monoisotopic (exact) mass is 286 g/mol. The second kappa shape index (κ2) is 7.24. The summed E-state index contributed by atoms with van der Waals surface area (Å²) in [7, 11) is 0. The molecule has 4 heteroatoms. The predicted octanol–water partition coefficient (Wildman–Crippen LogP) is 3.01. The smallest absolute Gasteiger partial charge is 0.161 e. The summed E-state index contributed by atoms with van der Waals surface area (Å²) in [6, 6.07) is 7.46. The van der Waals surface area contributed by atoms with Crippen LogP contribution in [-0.4, -0.2) is 32.1 Å². The third kappa shape index (κ3) is 3.83. The molecule has 1 saturated heterocycles. The standard InChI is InChI=1S/C17H22N2O2/c1-3-21-12-15-5-4-8-19(11-15)17-9-14(10-18)6-7-16(17)13(2)20/h6-7,9,15H,3-5,8,11-12H2,1-2H3. The van der Waals surface area contributed by atoms with Gasteiger partial charge in [-0.1, -0.05) is 0 Å². The highest BCUT2D eigenvalue weighted by Crippen LogP contribution is 2.28. The molecule has 1 atom stereocenters. The highest BCUT2D eigenvalue weighted by molar-refractivity contribution is 6.00. The lowest BCUT2D eigenvalue weighted by Gasteiger charge is -2.35. The molecule has 0 saturated carbocycles. The van der Waals surface area contributed by atoms with Crippen LogP contribution in [0.5, 0.6) is 0 Å². The topological polar surface area (TPSA) is 53.3 Å². The Hall–Kier alpha value is -1.86. The van der Waals surface area contributed by atoms with E-state index < -0.39 is 0 Å². The van der Waals surface area contributed by atoms with E-state index in [9.17, 15) is 4.79 Å². The highest BCUT2D eigenvalue weighted by atomic mass is 16.5. The first kappa shape index (κ1) is 15.5. The highest BCUT2D eigenvalue weighted by Gasteiger charge is 2.23. The molecule has 1 aliphatic heterocycles. The molecule has 0 aromatic heterocycles. The second-order valence-electron chi connectivity index (χ2n) is 5.51. The molecule has 0 amide bonds. The lowest BCUT2D eigenvalue weighted by molar-refractivity contribution is 0.101. The molecule has 4 nitrogen and oxygen atoms in total. The van der Waals surface area contributed by atoms with Crippen molar-refractivity contribution < 1.29 is 9.53 Å². The molecule has 0 bridgehead atoms. The Morgan fingerprint density at radius 2 is 2.33 bits per heavy atom. The van der Waals surface area contributed by atoms with Gasteiger partial charge in [-0.2, -0.15) is 5.26 Å². The number of anilines is 1. The molecule has 21 heavy (non-hydrogen) atoms. The van der Waals surface area contributed by atoms with Crippen LogP contribution in [0.15, 0.2) is 18.2 Å². The number of nitrogens with zero attached hydrogens (tertiary/aromatic N) is 2. The van der Waals surface area contributed by atoms with Gasteiger partial charge in [0.15, 0.2) is 5.78 Å². The van der Waals surface area contributed by atoms with Crippen LogP contribution in [-0.2, 0) is 4.74 Å². The van der Waals surface area contributed by atoms with Crippen molar-refractivity contribution in [2.75, 3.05) is 31.2 Å². The molecule has 1 fully saturated rings. The Morgan fingerprint density at radius 3 is 3.00 bits per heavy atom. The average molecular weight is 286 g/mol. The van der Waals surface area contributed by atoms with Gasteiger partial charge in [0.05, 0.1) is 18.2 Å². The minimum Gasteiger partial charge on any atom is -0.381 e. The number of piperidine rings is 1. The molecule has 1 aromatic carbocycles. The number of benzene rings is 1. The lowest BCUT2D eigenvalue weighted by atomic mass is 9.96. The van der Waals surface area contributed by atoms with Crippen LogP contribution in [0.2, 0.25) is 0 Å². The van der Waals surface area contributed by atoms with Crippen LogP contribution in [0.1, 0.15) is 42.6 Å². The molecule has 112 valence electrons. The predicted molar refractivity (Wildman–Crippen MR) is 82.6 cm³/mol. The number of carbonyl (C=O) groups is 1. The number of hydrogen-bond acceptors (Lipinski definition) is 4. The van der Waals surface area contributed by atoms with E-state index in [-0.39, 0.29) is 5.78 Å². The van der Waals surface area contributed by atoms with Crippen molar-refractivity contribution in [3.8, 4) is 6.07 Å². The van der Waals surface area contributed by atoms with E-state index in [4.69, 9.17) is 10.00 Å². The van der Waals surface area contributed by atoms with Crippen molar-refractivity contribution in [2.24, 2.45) is 5.92 Å². The zero-order valence-corrected chi connectivity index (χ0v) is 12.8. The van der Waals surface area contributed by atoms with E-state index in [1.165, 1.54) is 0 Å². The van der Waals surface area contributed by atoms with E-state index >= 15 is 0 Å². The van der Waals surface area contributed by atoms with Gasteiger partial charge < -0.3 is 9.64 Å². The fourth-order valence-corrected chi connectivity index (χ4v) is 2.86. The third-order valence-electron chi connectivity index (χ3n) is 3.92. The number of carbonyl (C=O) groups excluding carboxylic acids is 1. The zero-order valence-electron chi connectivity index (χ0n) is 12.8. The van der Waals surface area contributed by atoms with E-state index in [1.54, 1.807) is 19.1 Å². The van der Waals surface area contributed by atoms with Gasteiger partial charge in [0.25, 0.3) is 0 Å². The molecular formula is C17H22N2O2. The van der Waals surface area contributed by atoms with Crippen molar-refractivity contribution in [3.63, 3.8) is 0 Å². The van der Waals surface area contributed by atoms with E-state index in [0.717, 1.165) is 44.8 Å². The Morgan fingerprint density at radius 1 is 1.52 bits per heavy atom. The molecule has 0 radical (unpaired) electrons. The van der Waals surface area contributed by atoms with Gasteiger partial charge in [-0.15, -0.1) is 0 Å². The van der Waals surface area contributed by atoms with Gasteiger partial charge in [-0.05, 0) is 50.8 Å². The molecular weight excluding hydrogens is 264 g/mol. The summed E-state index contributed by atoms with van der Waals surface area (Å²) in [5, 5.41) is 9.08. The van der Waals surface area contributed by atoms with E-state index in [2.05, 4.69) is 11.0 Å². The van der Waals surface area contributed by atoms with Crippen LogP contribution in [0.4, 0.5) is 5.69 Å². The maximum Gasteiger partial charge on any atom is 0.161 e. The van der Waals surface area contributed by atoms with E-state index in [0.29, 0.717) is 17.0 Å². The average Bonchev–Trinajstić information content (AvgIpc) is 2.52. The largest absolute Gasteiger partial charge is 0.381 e. The summed E-state index contributed by atoms with van der Waals surface area (Å²) in [6.45, 7) is 6.89. The summed E-state index contributed by atoms with van der Waals surface area (Å²) in [4.78, 5) is 14.1. The first-order chi connectivity index (χ1) is 10.2. The van der Waals surface area contributed by atoms with Gasteiger partial charge >= 0.3 is 0 Å². The zero-order chi connectivity index (χ0) is 15.2. The Labute approximate surface area is 126 Å². The molecule has 0 spiro atoms. The van der Waals surface area contributed by atoms with Gasteiger partial charge in [0.2, 0.25) is 0 Å². The first-order valence-electron chi connectivity index (χ1n) is 7.53. The normalized spacial score (nSPS) is 18.3. The molecule has 2 rings (SSSR count). The number of nitriles is 1. The van der Waals surface area contributed by atoms with Gasteiger partial charge in [0, 0.05) is 30.9 Å². The number of Topliss-reactive ketones (excluding diaryl/α,β-unsaturated/α-hetero) is 1. The number of rotatable bonds is 5. The molecule has 1 heterocycles. The summed E-state index contributed by atoms with van der Waals surface area (Å²) in [5.74, 6) is 0.533. The quantitative estimate of drug-likeness (QED) is 0.781. The molecule has 1 aliphatic rings. The minimum absolute atomic E-state index is 0.0430. The maximum atomic E-state index is 11.8. The molecule has 1 aromatic rings. The van der Waals surface area contributed by atoms with Gasteiger partial charge in [0.1, 0.15) is 0 Å². The first-order valence-corrected chi connectivity index (χ1v) is 7.53. The van der Waals surface area contributed by atoms with Crippen LogP contribution in [0, 0.1) is 17.2 Å². The SMILES string of the molecule is CCOCC1CCCN(c2cc(C#N)ccc2C(C)=O)C1. The van der Waals surface area contributed by atoms with Crippen molar-refractivity contribution in [1.82, 2.24) is 0 Å². The fourth-order valence-electron chi connectivity index (χ4n) is 2.86. The van der Waals surface area contributed by atoms with Crippen molar-refractivity contribution in [3.05, 3.63) is 29.3 Å². The number of hydrogen-bond donors (Lipinski definition) is 0. The van der Waals surface area contributed by atoms with Crippen molar-refractivity contribution in [2.45, 2.75) is 26.7 Å². The Bertz CT molecular complexity index is 548. The Balaban J connectivity index is 2.23. The van der Waals surface area contributed by atoms with Crippen molar-refractivity contribution >= 4 is 11.5 Å². The minimum atomic E-state index is 0.0430. The van der Waals surface area contributed by atoms with Gasteiger partial charge in [-0.25, -0.2) is 0 Å². The molecule has 0 N–H and O–H groups in total. The molecule has 1 unspecified atom stereocenters. The van der Waals surface area contributed by atoms with Crippen LogP contribution >= 0.6 is 0 Å². The Kier molecular flexibility index (Phi) is 5.35. The fraction of sp³-hybridized carbons (Fsp3) is 0.529. The van der Waals surface area contributed by atoms with Crippen LogP contribution < -0.4 is 4.90 Å². The number of ketones is 1. The van der Waals surface area contributed by atoms with Gasteiger partial charge in [-0.3, -0.25) is 4.79 Å². The van der Waals surface area contributed by atoms with Crippen LogP contribution in [0.25, 0.3) is 0 Å². The number of ether oxygens (including phenoxy) is 1. The lowest BCUT2D eigenvalue weighted by Crippen LogP contribution is -2.38. The van der Waals surface area contributed by atoms with E-state index in [1.807, 2.05) is 13.0 Å².